The SMILES string of the molecule is CCC(C)N(CC)C(=O)COc1ccc(C#N)cc1. The third kappa shape index (κ3) is 4.29. The van der Waals surface area contributed by atoms with Gasteiger partial charge in [-0.2, -0.15) is 5.26 Å². The summed E-state index contributed by atoms with van der Waals surface area (Å²) in [7, 11) is 0. The molecular formula is C15H20N2O2. The van der Waals surface area contributed by atoms with Crippen molar-refractivity contribution < 1.29 is 9.53 Å². The number of nitriles is 1. The van der Waals surface area contributed by atoms with Gasteiger partial charge in [0.2, 0.25) is 0 Å². The number of nitrogens with zero attached hydrogens (tertiary/aromatic N) is 2. The van der Waals surface area contributed by atoms with Crippen LogP contribution in [0.4, 0.5) is 0 Å². The summed E-state index contributed by atoms with van der Waals surface area (Å²) in [5.41, 5.74) is 0.577. The van der Waals surface area contributed by atoms with Crippen LogP contribution in [0.25, 0.3) is 0 Å². The van der Waals surface area contributed by atoms with Crippen molar-refractivity contribution in [1.82, 2.24) is 4.90 Å². The average molecular weight is 260 g/mol. The number of carbonyl (C=O) groups is 1. The normalized spacial score (nSPS) is 11.5. The smallest absolute Gasteiger partial charge is 0.260 e. The van der Waals surface area contributed by atoms with Gasteiger partial charge in [-0.3, -0.25) is 4.79 Å². The molecule has 1 amide bonds. The van der Waals surface area contributed by atoms with Crippen molar-refractivity contribution in [2.45, 2.75) is 33.2 Å². The van der Waals surface area contributed by atoms with Crippen LogP contribution in [0.3, 0.4) is 0 Å². The molecule has 0 fully saturated rings. The van der Waals surface area contributed by atoms with Crippen molar-refractivity contribution in [3.8, 4) is 11.8 Å². The Hall–Kier alpha value is -2.02. The molecule has 102 valence electrons. The fraction of sp³-hybridized carbons (Fsp3) is 0.467. The van der Waals surface area contributed by atoms with E-state index in [9.17, 15) is 4.79 Å². The molecule has 0 saturated heterocycles. The van der Waals surface area contributed by atoms with Crippen LogP contribution < -0.4 is 4.74 Å². The number of benzene rings is 1. The number of carbonyl (C=O) groups excluding carboxylic acids is 1. The first-order valence-electron chi connectivity index (χ1n) is 6.54. The van der Waals surface area contributed by atoms with Gasteiger partial charge in [0, 0.05) is 12.6 Å². The summed E-state index contributed by atoms with van der Waals surface area (Å²) in [4.78, 5) is 13.8. The van der Waals surface area contributed by atoms with Crippen molar-refractivity contribution in [2.75, 3.05) is 13.2 Å². The van der Waals surface area contributed by atoms with E-state index >= 15 is 0 Å². The number of amides is 1. The molecule has 1 atom stereocenters. The highest BCUT2D eigenvalue weighted by atomic mass is 16.5. The average Bonchev–Trinajstić information content (AvgIpc) is 2.46. The molecule has 0 aliphatic heterocycles. The van der Waals surface area contributed by atoms with Crippen LogP contribution in [0.15, 0.2) is 24.3 Å². The van der Waals surface area contributed by atoms with Gasteiger partial charge >= 0.3 is 0 Å². The summed E-state index contributed by atoms with van der Waals surface area (Å²) < 4.78 is 5.44. The molecule has 0 spiro atoms. The Bertz CT molecular complexity index is 448. The van der Waals surface area contributed by atoms with Crippen molar-refractivity contribution in [3.63, 3.8) is 0 Å². The zero-order valence-corrected chi connectivity index (χ0v) is 11.7. The fourth-order valence-corrected chi connectivity index (χ4v) is 1.81. The number of ether oxygens (including phenoxy) is 1. The van der Waals surface area contributed by atoms with E-state index in [0.29, 0.717) is 17.9 Å². The highest BCUT2D eigenvalue weighted by Gasteiger charge is 2.17. The summed E-state index contributed by atoms with van der Waals surface area (Å²) in [6.07, 6.45) is 0.927. The predicted octanol–water partition coefficient (Wildman–Crippen LogP) is 2.58. The maximum Gasteiger partial charge on any atom is 0.260 e. The standard InChI is InChI=1S/C15H20N2O2/c1-4-12(3)17(5-2)15(18)11-19-14-8-6-13(10-16)7-9-14/h6-9,12H,4-5,11H2,1-3H3. The van der Waals surface area contributed by atoms with E-state index in [4.69, 9.17) is 10.00 Å². The molecule has 19 heavy (non-hydrogen) atoms. The van der Waals surface area contributed by atoms with E-state index in [-0.39, 0.29) is 18.6 Å². The minimum atomic E-state index is -0.0128. The number of hydrogen-bond donors (Lipinski definition) is 0. The first-order valence-corrected chi connectivity index (χ1v) is 6.54. The lowest BCUT2D eigenvalue weighted by Crippen LogP contribution is -2.40. The van der Waals surface area contributed by atoms with Crippen LogP contribution >= 0.6 is 0 Å². The number of hydrogen-bond acceptors (Lipinski definition) is 3. The van der Waals surface area contributed by atoms with E-state index in [1.54, 1.807) is 24.3 Å². The summed E-state index contributed by atoms with van der Waals surface area (Å²) in [5, 5.41) is 8.69. The van der Waals surface area contributed by atoms with Gasteiger partial charge in [-0.1, -0.05) is 6.92 Å². The molecule has 0 aliphatic rings. The van der Waals surface area contributed by atoms with Gasteiger partial charge in [0.15, 0.2) is 6.61 Å². The Morgan fingerprint density at radius 2 is 2.00 bits per heavy atom. The topological polar surface area (TPSA) is 53.3 Å². The minimum Gasteiger partial charge on any atom is -0.484 e. The highest BCUT2D eigenvalue weighted by molar-refractivity contribution is 5.78. The molecule has 0 heterocycles. The van der Waals surface area contributed by atoms with Crippen LogP contribution in [-0.4, -0.2) is 30.0 Å². The summed E-state index contributed by atoms with van der Waals surface area (Å²) in [6, 6.07) is 9.01. The first kappa shape index (κ1) is 15.0. The van der Waals surface area contributed by atoms with Crippen LogP contribution in [-0.2, 0) is 4.79 Å². The van der Waals surface area contributed by atoms with Gasteiger partial charge in [0.25, 0.3) is 5.91 Å². The van der Waals surface area contributed by atoms with E-state index < -0.39 is 0 Å². The molecule has 0 saturated carbocycles. The van der Waals surface area contributed by atoms with Gasteiger partial charge in [-0.25, -0.2) is 0 Å². The van der Waals surface area contributed by atoms with Crippen molar-refractivity contribution >= 4 is 5.91 Å². The van der Waals surface area contributed by atoms with E-state index in [2.05, 4.69) is 6.92 Å². The molecular weight excluding hydrogens is 240 g/mol. The van der Waals surface area contributed by atoms with Crippen LogP contribution in [0.2, 0.25) is 0 Å². The fourth-order valence-electron chi connectivity index (χ4n) is 1.81. The second kappa shape index (κ2) is 7.42. The molecule has 4 heteroatoms. The Morgan fingerprint density at radius 1 is 1.37 bits per heavy atom. The maximum absolute atomic E-state index is 12.0. The van der Waals surface area contributed by atoms with Crippen LogP contribution in [0, 0.1) is 11.3 Å². The lowest BCUT2D eigenvalue weighted by molar-refractivity contribution is -0.135. The molecule has 0 radical (unpaired) electrons. The number of likely N-dealkylation sites (N-methyl/N-ethyl adjacent to an activating group) is 1. The maximum atomic E-state index is 12.0. The van der Waals surface area contributed by atoms with Gasteiger partial charge < -0.3 is 9.64 Å². The van der Waals surface area contributed by atoms with Crippen LogP contribution in [0.1, 0.15) is 32.8 Å². The summed E-state index contributed by atoms with van der Waals surface area (Å²) >= 11 is 0. The Kier molecular flexibility index (Phi) is 5.87. The largest absolute Gasteiger partial charge is 0.484 e. The lowest BCUT2D eigenvalue weighted by atomic mass is 10.2. The first-order chi connectivity index (χ1) is 9.12. The molecule has 1 aromatic carbocycles. The second-order valence-electron chi connectivity index (χ2n) is 4.36. The predicted molar refractivity (Wildman–Crippen MR) is 73.8 cm³/mol. The van der Waals surface area contributed by atoms with Gasteiger partial charge in [0.1, 0.15) is 5.75 Å². The zero-order chi connectivity index (χ0) is 14.3. The minimum absolute atomic E-state index is 0.0128. The quantitative estimate of drug-likeness (QED) is 0.790. The van der Waals surface area contributed by atoms with Gasteiger partial charge in [0.05, 0.1) is 11.6 Å². The zero-order valence-electron chi connectivity index (χ0n) is 11.7. The third-order valence-electron chi connectivity index (χ3n) is 3.13. The molecule has 1 unspecified atom stereocenters. The molecule has 1 aromatic rings. The Labute approximate surface area is 114 Å². The third-order valence-corrected chi connectivity index (χ3v) is 3.13. The molecule has 0 N–H and O–H groups in total. The van der Waals surface area contributed by atoms with E-state index in [1.165, 1.54) is 0 Å². The van der Waals surface area contributed by atoms with Crippen LogP contribution in [0.5, 0.6) is 5.75 Å². The van der Waals surface area contributed by atoms with E-state index in [1.807, 2.05) is 24.8 Å². The summed E-state index contributed by atoms with van der Waals surface area (Å²) in [6.45, 7) is 6.77. The lowest BCUT2D eigenvalue weighted by Gasteiger charge is -2.27. The van der Waals surface area contributed by atoms with E-state index in [0.717, 1.165) is 6.42 Å². The highest BCUT2D eigenvalue weighted by Crippen LogP contribution is 2.12. The van der Waals surface area contributed by atoms with Gasteiger partial charge in [-0.05, 0) is 44.5 Å². The monoisotopic (exact) mass is 260 g/mol. The Balaban J connectivity index is 2.55. The van der Waals surface area contributed by atoms with Gasteiger partial charge in [-0.15, -0.1) is 0 Å². The second-order valence-corrected chi connectivity index (χ2v) is 4.36. The summed E-state index contributed by atoms with van der Waals surface area (Å²) in [5.74, 6) is 0.591. The molecule has 1 rings (SSSR count). The molecule has 0 aromatic heterocycles. The molecule has 0 aliphatic carbocycles. The van der Waals surface area contributed by atoms with Crippen molar-refractivity contribution in [3.05, 3.63) is 29.8 Å². The van der Waals surface area contributed by atoms with Crippen molar-refractivity contribution in [2.24, 2.45) is 0 Å². The van der Waals surface area contributed by atoms with Crippen molar-refractivity contribution in [1.29, 1.82) is 5.26 Å². The number of rotatable bonds is 6. The Morgan fingerprint density at radius 3 is 2.47 bits per heavy atom. The molecule has 4 nitrogen and oxygen atoms in total. The molecule has 0 bridgehead atoms.